The number of nitrogens with one attached hydrogen (secondary N) is 2. The van der Waals surface area contributed by atoms with Crippen LogP contribution in [0.15, 0.2) is 35.4 Å². The molecule has 3 aromatic heterocycles. The summed E-state index contributed by atoms with van der Waals surface area (Å²) in [7, 11) is 0. The number of halogens is 1. The van der Waals surface area contributed by atoms with E-state index in [0.717, 1.165) is 0 Å². The average Bonchev–Trinajstić information content (AvgIpc) is 3.06. The molecule has 3 aromatic rings. The van der Waals surface area contributed by atoms with E-state index in [1.165, 1.54) is 12.3 Å². The number of hydrogen-bond acceptors (Lipinski definition) is 7. The summed E-state index contributed by atoms with van der Waals surface area (Å²) in [4.78, 5) is 31.0. The average molecular weight is 429 g/mol. The van der Waals surface area contributed by atoms with Gasteiger partial charge in [-0.15, -0.1) is 0 Å². The first kappa shape index (κ1) is 21.0. The predicted molar refractivity (Wildman–Crippen MR) is 112 cm³/mol. The number of anilines is 2. The number of pyridine rings is 2. The smallest absolute Gasteiger partial charge is 0.335 e. The maximum atomic E-state index is 13.5. The number of ether oxygens (including phenoxy) is 2. The Bertz CT molecular complexity index is 1160. The lowest BCUT2D eigenvalue weighted by molar-refractivity contribution is -0.172. The zero-order valence-electron chi connectivity index (χ0n) is 17.5. The first-order valence-electron chi connectivity index (χ1n) is 10.0. The molecule has 10 heteroatoms. The van der Waals surface area contributed by atoms with Crippen LogP contribution in [0.3, 0.4) is 0 Å². The fourth-order valence-corrected chi connectivity index (χ4v) is 3.57. The number of esters is 1. The maximum Gasteiger partial charge on any atom is 0.335 e. The van der Waals surface area contributed by atoms with Crippen LogP contribution in [0.1, 0.15) is 39.7 Å². The maximum absolute atomic E-state index is 13.5. The number of rotatable bonds is 4. The number of aromatic amines is 1. The molecular weight excluding hydrogens is 405 g/mol. The van der Waals surface area contributed by atoms with E-state index in [1.807, 2.05) is 20.8 Å². The SMILES string of the molecule is CC(C)(C)OC(=O)C1CCC(n2nc(Nc3ccnc(F)c3)c3c(=O)[nH]ccc32)CO1. The molecule has 4 rings (SSSR count). The van der Waals surface area contributed by atoms with Crippen LogP contribution in [0.4, 0.5) is 15.9 Å². The first-order chi connectivity index (χ1) is 14.7. The van der Waals surface area contributed by atoms with Gasteiger partial charge >= 0.3 is 5.97 Å². The summed E-state index contributed by atoms with van der Waals surface area (Å²) >= 11 is 0. The number of carbonyl (C=O) groups excluding carboxylic acids is 1. The van der Waals surface area contributed by atoms with Gasteiger partial charge in [-0.1, -0.05) is 0 Å². The normalized spacial score (nSPS) is 19.4. The Morgan fingerprint density at radius 2 is 2.16 bits per heavy atom. The second kappa shape index (κ2) is 8.10. The molecule has 2 atom stereocenters. The largest absolute Gasteiger partial charge is 0.458 e. The van der Waals surface area contributed by atoms with Gasteiger partial charge in [-0.05, 0) is 45.7 Å². The second-order valence-corrected chi connectivity index (χ2v) is 8.44. The molecule has 31 heavy (non-hydrogen) atoms. The Morgan fingerprint density at radius 3 is 2.84 bits per heavy atom. The minimum absolute atomic E-state index is 0.173. The standard InChI is InChI=1S/C21H24FN5O4/c1-21(2,3)31-20(29)15-5-4-13(11-30-15)27-14-7-9-24-19(28)17(14)18(26-27)25-12-6-8-23-16(22)10-12/h6-10,13,15H,4-5,11H2,1-3H3,(H,24,28)(H,23,25,26). The molecule has 0 radical (unpaired) electrons. The molecule has 164 valence electrons. The number of aromatic nitrogens is 4. The van der Waals surface area contributed by atoms with Gasteiger partial charge in [0.2, 0.25) is 5.95 Å². The quantitative estimate of drug-likeness (QED) is 0.484. The molecule has 2 unspecified atom stereocenters. The van der Waals surface area contributed by atoms with E-state index >= 15 is 0 Å². The van der Waals surface area contributed by atoms with Crippen molar-refractivity contribution in [3.63, 3.8) is 0 Å². The van der Waals surface area contributed by atoms with E-state index < -0.39 is 17.7 Å². The molecule has 1 aliphatic rings. The van der Waals surface area contributed by atoms with Crippen LogP contribution in [0.5, 0.6) is 0 Å². The molecular formula is C21H24FN5O4. The predicted octanol–water partition coefficient (Wildman–Crippen LogP) is 3.06. The van der Waals surface area contributed by atoms with E-state index in [1.54, 1.807) is 23.0 Å². The molecule has 2 N–H and O–H groups in total. The number of carbonyl (C=O) groups is 1. The van der Waals surface area contributed by atoms with Crippen molar-refractivity contribution in [2.45, 2.75) is 51.4 Å². The van der Waals surface area contributed by atoms with Gasteiger partial charge in [0, 0.05) is 24.1 Å². The van der Waals surface area contributed by atoms with Crippen molar-refractivity contribution in [3.05, 3.63) is 46.9 Å². The molecule has 9 nitrogen and oxygen atoms in total. The molecule has 0 amide bonds. The second-order valence-electron chi connectivity index (χ2n) is 8.44. The van der Waals surface area contributed by atoms with Gasteiger partial charge in [0.05, 0.1) is 18.2 Å². The number of H-pyrrole nitrogens is 1. The molecule has 0 aromatic carbocycles. The fraction of sp³-hybridized carbons (Fsp3) is 0.429. The lowest BCUT2D eigenvalue weighted by Crippen LogP contribution is -2.38. The van der Waals surface area contributed by atoms with Crippen molar-refractivity contribution >= 4 is 28.4 Å². The Labute approximate surface area is 177 Å². The van der Waals surface area contributed by atoms with E-state index in [2.05, 4.69) is 20.4 Å². The Hall–Kier alpha value is -3.27. The molecule has 0 bridgehead atoms. The molecule has 4 heterocycles. The number of fused-ring (bicyclic) bond motifs is 1. The summed E-state index contributed by atoms with van der Waals surface area (Å²) < 4.78 is 26.4. The summed E-state index contributed by atoms with van der Waals surface area (Å²) in [5.74, 6) is -0.719. The summed E-state index contributed by atoms with van der Waals surface area (Å²) in [5, 5.41) is 7.92. The van der Waals surface area contributed by atoms with Gasteiger partial charge in [0.15, 0.2) is 11.9 Å². The van der Waals surface area contributed by atoms with Crippen LogP contribution in [0.2, 0.25) is 0 Å². The molecule has 1 fully saturated rings. The highest BCUT2D eigenvalue weighted by atomic mass is 19.1. The van der Waals surface area contributed by atoms with Crippen LogP contribution >= 0.6 is 0 Å². The zero-order chi connectivity index (χ0) is 22.2. The van der Waals surface area contributed by atoms with Crippen molar-refractivity contribution in [2.24, 2.45) is 0 Å². The molecule has 0 spiro atoms. The van der Waals surface area contributed by atoms with Crippen LogP contribution in [0, 0.1) is 5.95 Å². The van der Waals surface area contributed by atoms with Crippen LogP contribution in [0.25, 0.3) is 10.9 Å². The third-order valence-corrected chi connectivity index (χ3v) is 4.89. The van der Waals surface area contributed by atoms with Gasteiger partial charge < -0.3 is 19.8 Å². The highest BCUT2D eigenvalue weighted by molar-refractivity contribution is 5.91. The summed E-state index contributed by atoms with van der Waals surface area (Å²) in [6, 6.07) is 4.38. The summed E-state index contributed by atoms with van der Waals surface area (Å²) in [6.45, 7) is 5.68. The third kappa shape index (κ3) is 4.58. The van der Waals surface area contributed by atoms with Gasteiger partial charge in [-0.2, -0.15) is 9.49 Å². The van der Waals surface area contributed by atoms with Crippen molar-refractivity contribution < 1.29 is 18.7 Å². The lowest BCUT2D eigenvalue weighted by Gasteiger charge is -2.30. The van der Waals surface area contributed by atoms with E-state index in [-0.39, 0.29) is 24.2 Å². The lowest BCUT2D eigenvalue weighted by atomic mass is 10.0. The summed E-state index contributed by atoms with van der Waals surface area (Å²) in [6.07, 6.45) is 3.34. The third-order valence-electron chi connectivity index (χ3n) is 4.89. The van der Waals surface area contributed by atoms with E-state index in [4.69, 9.17) is 9.47 Å². The van der Waals surface area contributed by atoms with Crippen LogP contribution in [-0.4, -0.2) is 44.0 Å². The monoisotopic (exact) mass is 429 g/mol. The minimum atomic E-state index is -0.642. The Morgan fingerprint density at radius 1 is 1.35 bits per heavy atom. The highest BCUT2D eigenvalue weighted by Crippen LogP contribution is 2.30. The molecule has 1 aliphatic heterocycles. The van der Waals surface area contributed by atoms with Crippen LogP contribution < -0.4 is 10.9 Å². The van der Waals surface area contributed by atoms with E-state index in [0.29, 0.717) is 35.2 Å². The Balaban J connectivity index is 1.58. The summed E-state index contributed by atoms with van der Waals surface area (Å²) in [5.41, 5.74) is 0.144. The topological polar surface area (TPSA) is 111 Å². The van der Waals surface area contributed by atoms with E-state index in [9.17, 15) is 14.0 Å². The zero-order valence-corrected chi connectivity index (χ0v) is 17.5. The highest BCUT2D eigenvalue weighted by Gasteiger charge is 2.32. The fourth-order valence-electron chi connectivity index (χ4n) is 3.57. The van der Waals surface area contributed by atoms with Crippen molar-refractivity contribution in [3.8, 4) is 0 Å². The van der Waals surface area contributed by atoms with Crippen LogP contribution in [-0.2, 0) is 14.3 Å². The van der Waals surface area contributed by atoms with Crippen molar-refractivity contribution in [2.75, 3.05) is 11.9 Å². The van der Waals surface area contributed by atoms with Gasteiger partial charge in [0.25, 0.3) is 5.56 Å². The van der Waals surface area contributed by atoms with Gasteiger partial charge in [-0.3, -0.25) is 9.48 Å². The van der Waals surface area contributed by atoms with Crippen molar-refractivity contribution in [1.29, 1.82) is 0 Å². The number of nitrogens with zero attached hydrogens (tertiary/aromatic N) is 3. The number of hydrogen-bond donors (Lipinski definition) is 2. The van der Waals surface area contributed by atoms with Gasteiger partial charge in [-0.25, -0.2) is 9.78 Å². The van der Waals surface area contributed by atoms with Gasteiger partial charge in [0.1, 0.15) is 11.0 Å². The molecule has 0 aliphatic carbocycles. The van der Waals surface area contributed by atoms with Crippen molar-refractivity contribution in [1.82, 2.24) is 19.7 Å². The molecule has 0 saturated carbocycles. The first-order valence-corrected chi connectivity index (χ1v) is 10.0. The molecule has 1 saturated heterocycles. The Kier molecular flexibility index (Phi) is 5.48. The minimum Gasteiger partial charge on any atom is -0.458 e.